The van der Waals surface area contributed by atoms with Crippen LogP contribution in [0.25, 0.3) is 0 Å². The van der Waals surface area contributed by atoms with Crippen LogP contribution in [-0.2, 0) is 13.8 Å². The number of hydrogen-bond donors (Lipinski definition) is 1. The number of hydrogen-bond acceptors (Lipinski definition) is 3. The monoisotopic (exact) mass is 191 g/mol. The molecule has 12 heavy (non-hydrogen) atoms. The highest BCUT2D eigenvalue weighted by Crippen LogP contribution is 2.30. The Kier molecular flexibility index (Phi) is 3.06. The minimum Gasteiger partial charge on any atom is -0.491 e. The van der Waals surface area contributed by atoms with E-state index in [2.05, 4.69) is 4.52 Å². The lowest BCUT2D eigenvalue weighted by molar-refractivity contribution is 0.165. The normalized spacial score (nSPS) is 27.9. The average molecular weight is 191 g/mol. The fraction of sp³-hybridized carbons (Fsp3) is 0.714. The standard InChI is InChI=1S/C7H11O4P/c1-5-3-4-7(10-5)6(2)11-12(8)9/h5H,3-4H2,1-2H3/p+1/b7-6+. The van der Waals surface area contributed by atoms with Gasteiger partial charge in [-0.3, -0.25) is 0 Å². The van der Waals surface area contributed by atoms with Crippen molar-refractivity contribution in [3.05, 3.63) is 11.5 Å². The lowest BCUT2D eigenvalue weighted by atomic mass is 10.2. The molecule has 0 aromatic rings. The first-order valence-electron chi connectivity index (χ1n) is 3.80. The van der Waals surface area contributed by atoms with Crippen molar-refractivity contribution in [3.8, 4) is 0 Å². The van der Waals surface area contributed by atoms with Gasteiger partial charge in [-0.2, -0.15) is 0 Å². The van der Waals surface area contributed by atoms with Gasteiger partial charge in [-0.1, -0.05) is 0 Å². The predicted octanol–water partition coefficient (Wildman–Crippen LogP) is 2.08. The van der Waals surface area contributed by atoms with Crippen LogP contribution in [0.2, 0.25) is 0 Å². The van der Waals surface area contributed by atoms with Crippen molar-refractivity contribution >= 4 is 8.25 Å². The van der Waals surface area contributed by atoms with Gasteiger partial charge in [0.15, 0.2) is 0 Å². The Bertz CT molecular complexity index is 223. The van der Waals surface area contributed by atoms with Crippen LogP contribution in [0.3, 0.4) is 0 Å². The molecule has 1 fully saturated rings. The Morgan fingerprint density at radius 1 is 1.83 bits per heavy atom. The maximum atomic E-state index is 10.3. The van der Waals surface area contributed by atoms with Crippen molar-refractivity contribution in [1.82, 2.24) is 0 Å². The first kappa shape index (κ1) is 9.49. The van der Waals surface area contributed by atoms with E-state index in [1.165, 1.54) is 0 Å². The van der Waals surface area contributed by atoms with Gasteiger partial charge in [-0.15, -0.1) is 4.89 Å². The zero-order valence-electron chi connectivity index (χ0n) is 7.11. The first-order chi connectivity index (χ1) is 5.59. The van der Waals surface area contributed by atoms with Crippen molar-refractivity contribution in [2.24, 2.45) is 0 Å². The zero-order valence-corrected chi connectivity index (χ0v) is 8.01. The topological polar surface area (TPSA) is 55.8 Å². The second kappa shape index (κ2) is 3.87. The second-order valence-corrected chi connectivity index (χ2v) is 3.43. The maximum Gasteiger partial charge on any atom is 0.747 e. The molecule has 0 radical (unpaired) electrons. The fourth-order valence-corrected chi connectivity index (χ4v) is 1.46. The largest absolute Gasteiger partial charge is 0.747 e. The molecule has 1 N–H and O–H groups in total. The van der Waals surface area contributed by atoms with Gasteiger partial charge in [0.05, 0.1) is 6.10 Å². The van der Waals surface area contributed by atoms with Gasteiger partial charge < -0.3 is 4.74 Å². The summed E-state index contributed by atoms with van der Waals surface area (Å²) in [6.07, 6.45) is 1.92. The molecule has 2 atom stereocenters. The molecule has 2 unspecified atom stereocenters. The Morgan fingerprint density at radius 3 is 2.92 bits per heavy atom. The highest BCUT2D eigenvalue weighted by Gasteiger charge is 2.23. The van der Waals surface area contributed by atoms with Gasteiger partial charge in [0, 0.05) is 17.9 Å². The molecule has 0 bridgehead atoms. The Hall–Kier alpha value is -0.600. The molecular formula is C7H12O4P+. The highest BCUT2D eigenvalue weighted by atomic mass is 31.1. The van der Waals surface area contributed by atoms with Gasteiger partial charge in [-0.25, -0.2) is 4.52 Å². The molecule has 0 amide bonds. The van der Waals surface area contributed by atoms with Crippen LogP contribution >= 0.6 is 8.25 Å². The summed E-state index contributed by atoms with van der Waals surface area (Å²) in [6.45, 7) is 3.59. The quantitative estimate of drug-likeness (QED) is 0.536. The Morgan fingerprint density at radius 2 is 2.50 bits per heavy atom. The predicted molar refractivity (Wildman–Crippen MR) is 43.4 cm³/mol. The molecule has 0 aromatic heterocycles. The molecule has 1 aliphatic rings. The van der Waals surface area contributed by atoms with Crippen LogP contribution in [0, 0.1) is 0 Å². The van der Waals surface area contributed by atoms with Crippen LogP contribution in [0.1, 0.15) is 26.7 Å². The van der Waals surface area contributed by atoms with E-state index >= 15 is 0 Å². The summed E-state index contributed by atoms with van der Waals surface area (Å²) in [4.78, 5) is 8.45. The summed E-state index contributed by atoms with van der Waals surface area (Å²) in [5.74, 6) is 1.11. The number of allylic oxidation sites excluding steroid dienone is 2. The van der Waals surface area contributed by atoms with Gasteiger partial charge >= 0.3 is 8.25 Å². The first-order valence-corrected chi connectivity index (χ1v) is 4.93. The highest BCUT2D eigenvalue weighted by molar-refractivity contribution is 7.32. The third-order valence-corrected chi connectivity index (χ3v) is 2.16. The SMILES string of the molecule is C/C(O[P+](=O)O)=C1/CCC(C)O1. The van der Waals surface area contributed by atoms with E-state index < -0.39 is 8.25 Å². The summed E-state index contributed by atoms with van der Waals surface area (Å²) in [5, 5.41) is 0. The van der Waals surface area contributed by atoms with Crippen LogP contribution < -0.4 is 0 Å². The molecule has 5 heteroatoms. The van der Waals surface area contributed by atoms with Crippen LogP contribution in [0.15, 0.2) is 11.5 Å². The Balaban J connectivity index is 2.58. The summed E-state index contributed by atoms with van der Waals surface area (Å²) < 4.78 is 20.2. The average Bonchev–Trinajstić information content (AvgIpc) is 2.34. The van der Waals surface area contributed by atoms with Gasteiger partial charge in [0.1, 0.15) is 5.76 Å². The molecule has 4 nitrogen and oxygen atoms in total. The van der Waals surface area contributed by atoms with Gasteiger partial charge in [0.25, 0.3) is 0 Å². The second-order valence-electron chi connectivity index (χ2n) is 2.78. The van der Waals surface area contributed by atoms with E-state index in [9.17, 15) is 4.57 Å². The van der Waals surface area contributed by atoms with Crippen molar-refractivity contribution < 1.29 is 18.7 Å². The molecule has 0 aromatic carbocycles. The lowest BCUT2D eigenvalue weighted by Gasteiger charge is -2.02. The van der Waals surface area contributed by atoms with Crippen molar-refractivity contribution in [3.63, 3.8) is 0 Å². The van der Waals surface area contributed by atoms with Crippen molar-refractivity contribution in [2.75, 3.05) is 0 Å². The number of ether oxygens (including phenoxy) is 1. The summed E-state index contributed by atoms with van der Waals surface area (Å²) >= 11 is 0. The molecule has 1 heterocycles. The molecule has 1 aliphatic heterocycles. The van der Waals surface area contributed by atoms with E-state index in [-0.39, 0.29) is 6.10 Å². The van der Waals surface area contributed by atoms with Gasteiger partial charge in [0.2, 0.25) is 5.76 Å². The van der Waals surface area contributed by atoms with E-state index in [0.29, 0.717) is 11.5 Å². The third kappa shape index (κ3) is 2.47. The van der Waals surface area contributed by atoms with Crippen LogP contribution in [-0.4, -0.2) is 11.0 Å². The Labute approximate surface area is 72.1 Å². The van der Waals surface area contributed by atoms with Crippen LogP contribution in [0.4, 0.5) is 0 Å². The third-order valence-electron chi connectivity index (χ3n) is 1.73. The molecule has 0 spiro atoms. The molecule has 0 aliphatic carbocycles. The zero-order chi connectivity index (χ0) is 9.14. The van der Waals surface area contributed by atoms with E-state index in [4.69, 9.17) is 9.63 Å². The smallest absolute Gasteiger partial charge is 0.491 e. The maximum absolute atomic E-state index is 10.3. The van der Waals surface area contributed by atoms with E-state index in [1.54, 1.807) is 6.92 Å². The van der Waals surface area contributed by atoms with E-state index in [1.807, 2.05) is 6.92 Å². The van der Waals surface area contributed by atoms with Crippen molar-refractivity contribution in [2.45, 2.75) is 32.8 Å². The lowest BCUT2D eigenvalue weighted by Crippen LogP contribution is -1.96. The summed E-state index contributed by atoms with van der Waals surface area (Å²) in [6, 6.07) is 0. The minimum absolute atomic E-state index is 0.190. The summed E-state index contributed by atoms with van der Waals surface area (Å²) in [7, 11) is -2.56. The summed E-state index contributed by atoms with van der Waals surface area (Å²) in [5.41, 5.74) is 0. The fourth-order valence-electron chi connectivity index (χ4n) is 1.12. The molecular weight excluding hydrogens is 179 g/mol. The van der Waals surface area contributed by atoms with Crippen molar-refractivity contribution in [1.29, 1.82) is 0 Å². The minimum atomic E-state index is -2.56. The molecule has 68 valence electrons. The van der Waals surface area contributed by atoms with Crippen LogP contribution in [0.5, 0.6) is 0 Å². The molecule has 1 saturated heterocycles. The molecule has 1 rings (SSSR count). The molecule has 0 saturated carbocycles. The van der Waals surface area contributed by atoms with E-state index in [0.717, 1.165) is 12.8 Å². The van der Waals surface area contributed by atoms with Gasteiger partial charge in [-0.05, 0) is 13.3 Å². The number of rotatable bonds is 2.